The van der Waals surface area contributed by atoms with Crippen molar-refractivity contribution in [3.63, 3.8) is 0 Å². The third kappa shape index (κ3) is 2.71. The quantitative estimate of drug-likeness (QED) is 0.814. The molecule has 1 aromatic heterocycles. The van der Waals surface area contributed by atoms with Gasteiger partial charge in [-0.05, 0) is 41.4 Å². The first-order valence-electron chi connectivity index (χ1n) is 5.43. The van der Waals surface area contributed by atoms with E-state index in [1.165, 1.54) is 5.56 Å². The van der Waals surface area contributed by atoms with Crippen molar-refractivity contribution in [3.8, 4) is 5.75 Å². The second kappa shape index (κ2) is 5.10. The van der Waals surface area contributed by atoms with Crippen molar-refractivity contribution < 1.29 is 4.74 Å². The van der Waals surface area contributed by atoms with Gasteiger partial charge in [-0.25, -0.2) is 0 Å². The van der Waals surface area contributed by atoms with Gasteiger partial charge in [0.05, 0.1) is 18.5 Å². The molecule has 0 fully saturated rings. The van der Waals surface area contributed by atoms with Crippen LogP contribution in [0.15, 0.2) is 35.0 Å². The molecule has 2 aromatic rings. The number of methoxy groups -OCH3 is 1. The fraction of sp³-hybridized carbons (Fsp3) is 0.231. The van der Waals surface area contributed by atoms with Gasteiger partial charge in [0.1, 0.15) is 5.75 Å². The van der Waals surface area contributed by atoms with E-state index in [9.17, 15) is 0 Å². The molecule has 0 bridgehead atoms. The van der Waals surface area contributed by atoms with Crippen molar-refractivity contribution in [3.05, 3.63) is 40.6 Å². The summed E-state index contributed by atoms with van der Waals surface area (Å²) >= 11 is 1.69. The highest BCUT2D eigenvalue weighted by molar-refractivity contribution is 7.07. The minimum atomic E-state index is 0.232. The lowest BCUT2D eigenvalue weighted by molar-refractivity contribution is 0.415. The summed E-state index contributed by atoms with van der Waals surface area (Å²) in [5.74, 6) is 0.805. The molecule has 0 spiro atoms. The summed E-state index contributed by atoms with van der Waals surface area (Å²) in [4.78, 5) is 0. The highest BCUT2D eigenvalue weighted by Crippen LogP contribution is 2.28. The Balaban J connectivity index is 2.18. The van der Waals surface area contributed by atoms with Crippen molar-refractivity contribution in [1.29, 1.82) is 0 Å². The Hall–Kier alpha value is -1.68. The van der Waals surface area contributed by atoms with Crippen LogP contribution >= 0.6 is 11.3 Å². The summed E-state index contributed by atoms with van der Waals surface area (Å²) in [7, 11) is 1.65. The van der Waals surface area contributed by atoms with Gasteiger partial charge in [0.2, 0.25) is 0 Å². The largest absolute Gasteiger partial charge is 0.497 e. The number of rotatable bonds is 4. The van der Waals surface area contributed by atoms with Crippen molar-refractivity contribution in [2.24, 2.45) is 0 Å². The van der Waals surface area contributed by atoms with Crippen LogP contribution in [0.5, 0.6) is 5.75 Å². The fourth-order valence-corrected chi connectivity index (χ4v) is 2.38. The molecule has 17 heavy (non-hydrogen) atoms. The Labute approximate surface area is 105 Å². The number of nitrogen functional groups attached to an aromatic ring is 1. The molecule has 0 saturated heterocycles. The minimum Gasteiger partial charge on any atom is -0.497 e. The summed E-state index contributed by atoms with van der Waals surface area (Å²) in [5, 5.41) is 7.59. The molecule has 1 unspecified atom stereocenters. The Kier molecular flexibility index (Phi) is 3.54. The number of nitrogens with one attached hydrogen (secondary N) is 1. The molecule has 0 saturated carbocycles. The summed E-state index contributed by atoms with van der Waals surface area (Å²) in [5.41, 5.74) is 8.83. The second-order valence-electron chi connectivity index (χ2n) is 3.88. The van der Waals surface area contributed by atoms with Crippen LogP contribution in [-0.2, 0) is 0 Å². The molecule has 0 aliphatic heterocycles. The van der Waals surface area contributed by atoms with Gasteiger partial charge in [0.25, 0.3) is 0 Å². The molecule has 3 nitrogen and oxygen atoms in total. The van der Waals surface area contributed by atoms with Gasteiger partial charge in [-0.15, -0.1) is 0 Å². The Morgan fingerprint density at radius 1 is 1.35 bits per heavy atom. The summed E-state index contributed by atoms with van der Waals surface area (Å²) in [6.45, 7) is 2.11. The molecule has 4 heteroatoms. The van der Waals surface area contributed by atoms with E-state index >= 15 is 0 Å². The SMILES string of the molecule is COc1ccc(N)c(NC(C)c2ccsc2)c1. The van der Waals surface area contributed by atoms with Crippen LogP contribution in [-0.4, -0.2) is 7.11 Å². The average Bonchev–Trinajstić information content (AvgIpc) is 2.85. The van der Waals surface area contributed by atoms with Crippen molar-refractivity contribution in [2.45, 2.75) is 13.0 Å². The Morgan fingerprint density at radius 2 is 2.18 bits per heavy atom. The number of ether oxygens (including phenoxy) is 1. The van der Waals surface area contributed by atoms with Crippen LogP contribution in [0.4, 0.5) is 11.4 Å². The van der Waals surface area contributed by atoms with Gasteiger partial charge >= 0.3 is 0 Å². The van der Waals surface area contributed by atoms with Gasteiger partial charge in [-0.2, -0.15) is 11.3 Å². The monoisotopic (exact) mass is 248 g/mol. The Morgan fingerprint density at radius 3 is 2.82 bits per heavy atom. The lowest BCUT2D eigenvalue weighted by Crippen LogP contribution is -2.07. The van der Waals surface area contributed by atoms with Crippen LogP contribution in [0.2, 0.25) is 0 Å². The van der Waals surface area contributed by atoms with E-state index < -0.39 is 0 Å². The first-order valence-corrected chi connectivity index (χ1v) is 6.37. The normalized spacial score (nSPS) is 12.1. The summed E-state index contributed by atoms with van der Waals surface area (Å²) in [6.07, 6.45) is 0. The van der Waals surface area contributed by atoms with E-state index in [0.29, 0.717) is 0 Å². The molecular weight excluding hydrogens is 232 g/mol. The second-order valence-corrected chi connectivity index (χ2v) is 4.66. The fourth-order valence-electron chi connectivity index (χ4n) is 1.63. The van der Waals surface area contributed by atoms with Gasteiger partial charge in [-0.3, -0.25) is 0 Å². The van der Waals surface area contributed by atoms with E-state index in [1.807, 2.05) is 18.2 Å². The number of thiophene rings is 1. The molecule has 1 aromatic carbocycles. The number of nitrogens with two attached hydrogens (primary N) is 1. The highest BCUT2D eigenvalue weighted by atomic mass is 32.1. The molecule has 1 heterocycles. The van der Waals surface area contributed by atoms with E-state index in [2.05, 4.69) is 29.1 Å². The predicted octanol–water partition coefficient (Wildman–Crippen LogP) is 3.51. The molecule has 2 rings (SSSR count). The molecule has 0 amide bonds. The van der Waals surface area contributed by atoms with Gasteiger partial charge in [-0.1, -0.05) is 0 Å². The van der Waals surface area contributed by atoms with Gasteiger partial charge < -0.3 is 15.8 Å². The maximum atomic E-state index is 5.93. The first kappa shape index (κ1) is 11.8. The number of hydrogen-bond acceptors (Lipinski definition) is 4. The zero-order chi connectivity index (χ0) is 12.3. The molecule has 1 atom stereocenters. The third-order valence-electron chi connectivity index (χ3n) is 2.68. The third-order valence-corrected chi connectivity index (χ3v) is 3.38. The van der Waals surface area contributed by atoms with E-state index in [4.69, 9.17) is 10.5 Å². The van der Waals surface area contributed by atoms with Crippen molar-refractivity contribution >= 4 is 22.7 Å². The Bertz CT molecular complexity index is 482. The lowest BCUT2D eigenvalue weighted by Gasteiger charge is -2.16. The summed E-state index contributed by atoms with van der Waals surface area (Å²) < 4.78 is 5.19. The number of hydrogen-bond donors (Lipinski definition) is 2. The molecule has 0 aliphatic carbocycles. The van der Waals surface area contributed by atoms with Crippen molar-refractivity contribution in [2.75, 3.05) is 18.2 Å². The van der Waals surface area contributed by atoms with Crippen LogP contribution < -0.4 is 15.8 Å². The average molecular weight is 248 g/mol. The molecular formula is C13H16N2OS. The van der Waals surface area contributed by atoms with E-state index in [-0.39, 0.29) is 6.04 Å². The van der Waals surface area contributed by atoms with Crippen LogP contribution in [0, 0.1) is 0 Å². The van der Waals surface area contributed by atoms with Gasteiger partial charge in [0.15, 0.2) is 0 Å². The number of anilines is 2. The lowest BCUT2D eigenvalue weighted by atomic mass is 10.1. The maximum Gasteiger partial charge on any atom is 0.121 e. The van der Waals surface area contributed by atoms with Crippen LogP contribution in [0.1, 0.15) is 18.5 Å². The van der Waals surface area contributed by atoms with Gasteiger partial charge in [0, 0.05) is 12.1 Å². The minimum absolute atomic E-state index is 0.232. The zero-order valence-corrected chi connectivity index (χ0v) is 10.8. The van der Waals surface area contributed by atoms with E-state index in [0.717, 1.165) is 17.1 Å². The van der Waals surface area contributed by atoms with E-state index in [1.54, 1.807) is 18.4 Å². The molecule has 0 aliphatic rings. The highest BCUT2D eigenvalue weighted by Gasteiger charge is 2.08. The maximum absolute atomic E-state index is 5.93. The van der Waals surface area contributed by atoms with Crippen LogP contribution in [0.3, 0.4) is 0 Å². The number of benzene rings is 1. The van der Waals surface area contributed by atoms with Crippen molar-refractivity contribution in [1.82, 2.24) is 0 Å². The smallest absolute Gasteiger partial charge is 0.121 e. The topological polar surface area (TPSA) is 47.3 Å². The molecule has 90 valence electrons. The van der Waals surface area contributed by atoms with Crippen LogP contribution in [0.25, 0.3) is 0 Å². The molecule has 0 radical (unpaired) electrons. The molecule has 3 N–H and O–H groups in total. The zero-order valence-electron chi connectivity index (χ0n) is 9.94. The predicted molar refractivity (Wildman–Crippen MR) is 73.8 cm³/mol. The first-order chi connectivity index (χ1) is 8.20. The summed E-state index contributed by atoms with van der Waals surface area (Å²) in [6, 6.07) is 7.96. The standard InChI is InChI=1S/C13H16N2OS/c1-9(10-5-6-17-8-10)15-13-7-11(16-2)3-4-12(13)14/h3-9,15H,14H2,1-2H3.